The summed E-state index contributed by atoms with van der Waals surface area (Å²) in [6.45, 7) is 0. The maximum atomic E-state index is 11.2. The molecule has 17 heavy (non-hydrogen) atoms. The second kappa shape index (κ2) is 4.09. The molecule has 0 unspecified atom stereocenters. The van der Waals surface area contributed by atoms with E-state index in [4.69, 9.17) is 0 Å². The molecule has 1 heterocycles. The molecule has 0 fully saturated rings. The number of aromatic nitrogens is 1. The highest BCUT2D eigenvalue weighted by Gasteiger charge is 2.18. The first kappa shape index (κ1) is 10.9. The lowest BCUT2D eigenvalue weighted by Crippen LogP contribution is -2.05. The first-order chi connectivity index (χ1) is 8.15. The summed E-state index contributed by atoms with van der Waals surface area (Å²) < 4.78 is 0. The van der Waals surface area contributed by atoms with E-state index in [1.54, 1.807) is 30.3 Å². The van der Waals surface area contributed by atoms with Crippen molar-refractivity contribution in [1.29, 1.82) is 0 Å². The van der Waals surface area contributed by atoms with Gasteiger partial charge in [-0.1, -0.05) is 30.3 Å². The Morgan fingerprint density at radius 2 is 1.76 bits per heavy atom. The minimum absolute atomic E-state index is 0.0280. The van der Waals surface area contributed by atoms with Crippen molar-refractivity contribution in [1.82, 2.24) is 4.98 Å². The van der Waals surface area contributed by atoms with Crippen molar-refractivity contribution in [2.24, 2.45) is 5.18 Å². The number of pyridine rings is 1. The molecule has 2 rings (SSSR count). The molecule has 1 aromatic heterocycles. The van der Waals surface area contributed by atoms with Gasteiger partial charge in [-0.25, -0.2) is 0 Å². The van der Waals surface area contributed by atoms with E-state index in [0.29, 0.717) is 5.56 Å². The zero-order valence-electron chi connectivity index (χ0n) is 8.54. The summed E-state index contributed by atoms with van der Waals surface area (Å²) in [6.07, 6.45) is 0. The number of aromatic amines is 1. The number of nitroso groups, excluding NO2 is 1. The van der Waals surface area contributed by atoms with E-state index in [9.17, 15) is 19.9 Å². The smallest absolute Gasteiger partial charge is 0.284 e. The average molecular weight is 232 g/mol. The minimum Gasteiger partial charge on any atom is -0.505 e. The quantitative estimate of drug-likeness (QED) is 0.687. The van der Waals surface area contributed by atoms with Gasteiger partial charge in [0.15, 0.2) is 5.75 Å². The van der Waals surface area contributed by atoms with Crippen molar-refractivity contribution in [2.45, 2.75) is 0 Å². The number of benzene rings is 1. The van der Waals surface area contributed by atoms with Crippen LogP contribution in [0.2, 0.25) is 0 Å². The standard InChI is InChI=1S/C11H8N2O4/c14-9-7(6-4-2-1-3-5-6)10(15)12-11(16)8(9)13-17/h1-5H,(H3,12,14,15,16). The van der Waals surface area contributed by atoms with E-state index in [0.717, 1.165) is 0 Å². The number of aromatic hydroxyl groups is 2. The van der Waals surface area contributed by atoms with E-state index in [1.165, 1.54) is 0 Å². The molecule has 6 nitrogen and oxygen atoms in total. The summed E-state index contributed by atoms with van der Waals surface area (Å²) >= 11 is 0. The normalized spacial score (nSPS) is 10.1. The third-order valence-electron chi connectivity index (χ3n) is 2.30. The molecule has 0 atom stereocenters. The summed E-state index contributed by atoms with van der Waals surface area (Å²) in [7, 11) is 0. The van der Waals surface area contributed by atoms with Gasteiger partial charge in [0.25, 0.3) is 5.56 Å². The molecule has 0 saturated heterocycles. The largest absolute Gasteiger partial charge is 0.505 e. The van der Waals surface area contributed by atoms with Crippen LogP contribution in [0.4, 0.5) is 5.69 Å². The third-order valence-corrected chi connectivity index (χ3v) is 2.30. The first-order valence-corrected chi connectivity index (χ1v) is 4.72. The Morgan fingerprint density at radius 3 is 2.35 bits per heavy atom. The lowest BCUT2D eigenvalue weighted by molar-refractivity contribution is 0.437. The van der Waals surface area contributed by atoms with Gasteiger partial charge < -0.3 is 10.2 Å². The van der Waals surface area contributed by atoms with Gasteiger partial charge in [0, 0.05) is 0 Å². The van der Waals surface area contributed by atoms with Crippen LogP contribution in [0.5, 0.6) is 11.6 Å². The number of hydrogen-bond acceptors (Lipinski definition) is 5. The number of nitrogens with one attached hydrogen (secondary N) is 1. The molecular weight excluding hydrogens is 224 g/mol. The van der Waals surface area contributed by atoms with Crippen LogP contribution in [-0.2, 0) is 0 Å². The van der Waals surface area contributed by atoms with Crippen LogP contribution in [0.15, 0.2) is 40.3 Å². The molecule has 6 heteroatoms. The Morgan fingerprint density at radius 1 is 1.12 bits per heavy atom. The monoisotopic (exact) mass is 232 g/mol. The van der Waals surface area contributed by atoms with E-state index >= 15 is 0 Å². The Labute approximate surface area is 95.2 Å². The second-order valence-corrected chi connectivity index (χ2v) is 3.33. The van der Waals surface area contributed by atoms with Crippen LogP contribution in [0.25, 0.3) is 11.1 Å². The van der Waals surface area contributed by atoms with E-state index in [2.05, 4.69) is 5.18 Å². The Balaban J connectivity index is 2.79. The summed E-state index contributed by atoms with van der Waals surface area (Å²) in [5.74, 6) is -1.14. The van der Waals surface area contributed by atoms with Crippen LogP contribution in [0.3, 0.4) is 0 Å². The molecule has 1 aromatic carbocycles. The molecule has 0 amide bonds. The molecule has 0 aliphatic rings. The SMILES string of the molecule is O=Nc1c(O)c(-c2ccccc2)c(O)[nH]c1=O. The zero-order valence-corrected chi connectivity index (χ0v) is 8.54. The fraction of sp³-hybridized carbons (Fsp3) is 0. The first-order valence-electron chi connectivity index (χ1n) is 4.72. The number of nitrogens with zero attached hydrogens (tertiary/aromatic N) is 1. The van der Waals surface area contributed by atoms with Gasteiger partial charge in [0.05, 0.1) is 5.56 Å². The highest BCUT2D eigenvalue weighted by Crippen LogP contribution is 2.39. The number of hydrogen-bond donors (Lipinski definition) is 3. The van der Waals surface area contributed by atoms with Gasteiger partial charge in [-0.15, -0.1) is 4.91 Å². The summed E-state index contributed by atoms with van der Waals surface area (Å²) in [5.41, 5.74) is -1.15. The Kier molecular flexibility index (Phi) is 2.61. The van der Waals surface area contributed by atoms with Crippen molar-refractivity contribution in [3.8, 4) is 22.8 Å². The van der Waals surface area contributed by atoms with Gasteiger partial charge >= 0.3 is 0 Å². The number of H-pyrrole nitrogens is 1. The predicted octanol–water partition coefficient (Wildman–Crippen LogP) is 1.85. The van der Waals surface area contributed by atoms with Crippen molar-refractivity contribution in [2.75, 3.05) is 0 Å². The van der Waals surface area contributed by atoms with E-state index < -0.39 is 22.9 Å². The summed E-state index contributed by atoms with van der Waals surface area (Å²) in [4.78, 5) is 23.7. The molecule has 0 bridgehead atoms. The Bertz CT molecular complexity index is 619. The van der Waals surface area contributed by atoms with Crippen molar-refractivity contribution < 1.29 is 10.2 Å². The van der Waals surface area contributed by atoms with Crippen LogP contribution in [0, 0.1) is 4.91 Å². The average Bonchev–Trinajstić information content (AvgIpc) is 2.30. The zero-order chi connectivity index (χ0) is 12.4. The van der Waals surface area contributed by atoms with E-state index in [1.807, 2.05) is 4.98 Å². The third kappa shape index (κ3) is 1.76. The molecule has 0 spiro atoms. The van der Waals surface area contributed by atoms with Gasteiger partial charge in [0.2, 0.25) is 11.6 Å². The van der Waals surface area contributed by atoms with Gasteiger partial charge in [-0.2, -0.15) is 0 Å². The lowest BCUT2D eigenvalue weighted by Gasteiger charge is -2.07. The molecule has 3 N–H and O–H groups in total. The number of rotatable bonds is 2. The van der Waals surface area contributed by atoms with Crippen molar-refractivity contribution in [3.05, 3.63) is 45.6 Å². The van der Waals surface area contributed by atoms with Crippen LogP contribution in [0.1, 0.15) is 0 Å². The van der Waals surface area contributed by atoms with Gasteiger partial charge in [0.1, 0.15) is 0 Å². The fourth-order valence-electron chi connectivity index (χ4n) is 1.53. The maximum absolute atomic E-state index is 11.2. The molecule has 0 aliphatic heterocycles. The van der Waals surface area contributed by atoms with Crippen LogP contribution < -0.4 is 5.56 Å². The van der Waals surface area contributed by atoms with Crippen LogP contribution in [-0.4, -0.2) is 15.2 Å². The topological polar surface area (TPSA) is 103 Å². The summed E-state index contributed by atoms with van der Waals surface area (Å²) in [5, 5.41) is 21.8. The molecule has 0 saturated carbocycles. The lowest BCUT2D eigenvalue weighted by atomic mass is 10.1. The van der Waals surface area contributed by atoms with Crippen molar-refractivity contribution in [3.63, 3.8) is 0 Å². The van der Waals surface area contributed by atoms with Crippen molar-refractivity contribution >= 4 is 5.69 Å². The molecule has 86 valence electrons. The molecule has 0 radical (unpaired) electrons. The van der Waals surface area contributed by atoms with Gasteiger partial charge in [-0.05, 0) is 10.7 Å². The minimum atomic E-state index is -0.935. The fourth-order valence-corrected chi connectivity index (χ4v) is 1.53. The van der Waals surface area contributed by atoms with Gasteiger partial charge in [-0.3, -0.25) is 9.78 Å². The summed E-state index contributed by atoms with van der Waals surface area (Å²) in [6, 6.07) is 8.35. The predicted molar refractivity (Wildman–Crippen MR) is 61.3 cm³/mol. The van der Waals surface area contributed by atoms with Crippen LogP contribution >= 0.6 is 0 Å². The Hall–Kier alpha value is -2.63. The highest BCUT2D eigenvalue weighted by atomic mass is 16.3. The second-order valence-electron chi connectivity index (χ2n) is 3.33. The molecular formula is C11H8N2O4. The molecule has 0 aliphatic carbocycles. The maximum Gasteiger partial charge on any atom is 0.284 e. The highest BCUT2D eigenvalue weighted by molar-refractivity contribution is 5.79. The molecule has 2 aromatic rings. The van der Waals surface area contributed by atoms with E-state index in [-0.39, 0.29) is 5.56 Å².